The fourth-order valence-electron chi connectivity index (χ4n) is 4.43. The number of nitrogens with two attached hydrogens (primary N) is 1. The smallest absolute Gasteiger partial charge is 0.368 e. The molecular formula is C26H29F3N6O. The van der Waals surface area contributed by atoms with E-state index in [1.807, 2.05) is 25.9 Å². The minimum Gasteiger partial charge on any atom is -0.368 e. The van der Waals surface area contributed by atoms with Gasteiger partial charge in [0.1, 0.15) is 0 Å². The van der Waals surface area contributed by atoms with Crippen LogP contribution in [0.3, 0.4) is 0 Å². The molecule has 1 aliphatic heterocycles. The summed E-state index contributed by atoms with van der Waals surface area (Å²) in [7, 11) is 3.98. The number of piperidine rings is 1. The molecule has 1 aromatic heterocycles. The van der Waals surface area contributed by atoms with Crippen LogP contribution in [-0.4, -0.2) is 54.0 Å². The number of anilines is 3. The molecule has 2 heterocycles. The average molecular weight is 499 g/mol. The normalized spacial score (nSPS) is 16.3. The maximum atomic E-state index is 13.5. The largest absolute Gasteiger partial charge is 0.416 e. The maximum absolute atomic E-state index is 13.5. The Bertz CT molecular complexity index is 1240. The molecule has 0 bridgehead atoms. The van der Waals surface area contributed by atoms with E-state index in [-0.39, 0.29) is 17.7 Å². The standard InChI is InChI=1S/C26H29F3N6O/c1-16-6-7-17(11-21(16)18-13-31-25(30)32-14-18)24(36)33-22-12-19(26(27,28)29)8-9-23(22)35-10-4-5-20(15-35)34(2)3/h6-9,11-14,20H,4-5,10,15H2,1-3H3,(H,33,36)(H2,30,31,32)/t20-/m0/s1. The second-order valence-electron chi connectivity index (χ2n) is 9.25. The van der Waals surface area contributed by atoms with Crippen molar-refractivity contribution in [3.63, 3.8) is 0 Å². The molecule has 3 aromatic rings. The summed E-state index contributed by atoms with van der Waals surface area (Å²) >= 11 is 0. The molecule has 1 aliphatic rings. The SMILES string of the molecule is Cc1ccc(C(=O)Nc2cc(C(F)(F)F)ccc2N2CCC[C@H](N(C)C)C2)cc1-c1cnc(N)nc1. The van der Waals surface area contributed by atoms with E-state index in [4.69, 9.17) is 5.73 Å². The Hall–Kier alpha value is -3.66. The van der Waals surface area contributed by atoms with Crippen molar-refractivity contribution >= 4 is 23.2 Å². The summed E-state index contributed by atoms with van der Waals surface area (Å²) in [4.78, 5) is 25.4. The van der Waals surface area contributed by atoms with E-state index in [1.165, 1.54) is 6.07 Å². The van der Waals surface area contributed by atoms with Gasteiger partial charge in [0.15, 0.2) is 0 Å². The zero-order chi connectivity index (χ0) is 26.0. The number of alkyl halides is 3. The monoisotopic (exact) mass is 498 g/mol. The molecular weight excluding hydrogens is 469 g/mol. The first-order chi connectivity index (χ1) is 17.0. The summed E-state index contributed by atoms with van der Waals surface area (Å²) in [5.74, 6) is -0.369. The fourth-order valence-corrected chi connectivity index (χ4v) is 4.43. The Labute approximate surface area is 208 Å². The molecule has 0 unspecified atom stereocenters. The van der Waals surface area contributed by atoms with Crippen LogP contribution in [0.5, 0.6) is 0 Å². The highest BCUT2D eigenvalue weighted by molar-refractivity contribution is 6.06. The number of aromatic nitrogens is 2. The molecule has 190 valence electrons. The van der Waals surface area contributed by atoms with Gasteiger partial charge in [-0.15, -0.1) is 0 Å². The molecule has 2 aromatic carbocycles. The summed E-state index contributed by atoms with van der Waals surface area (Å²) in [5.41, 5.74) is 8.08. The minimum atomic E-state index is -4.53. The van der Waals surface area contributed by atoms with Gasteiger partial charge in [-0.2, -0.15) is 13.2 Å². The Kier molecular flexibility index (Phi) is 7.16. The molecule has 36 heavy (non-hydrogen) atoms. The van der Waals surface area contributed by atoms with E-state index in [2.05, 4.69) is 20.2 Å². The minimum absolute atomic E-state index is 0.132. The predicted octanol–water partition coefficient (Wildman–Crippen LogP) is 4.84. The van der Waals surface area contributed by atoms with Gasteiger partial charge in [0.25, 0.3) is 5.91 Å². The molecule has 0 saturated carbocycles. The molecule has 4 rings (SSSR count). The first kappa shape index (κ1) is 25.4. The van der Waals surface area contributed by atoms with Crippen molar-refractivity contribution in [1.82, 2.24) is 14.9 Å². The number of nitrogen functional groups attached to an aromatic ring is 1. The predicted molar refractivity (Wildman–Crippen MR) is 135 cm³/mol. The van der Waals surface area contributed by atoms with Gasteiger partial charge in [0.2, 0.25) is 5.95 Å². The molecule has 0 aliphatic carbocycles. The number of hydrogen-bond acceptors (Lipinski definition) is 6. The van der Waals surface area contributed by atoms with Crippen molar-refractivity contribution in [2.75, 3.05) is 43.1 Å². The quantitative estimate of drug-likeness (QED) is 0.524. The summed E-state index contributed by atoms with van der Waals surface area (Å²) in [6.45, 7) is 3.24. The molecule has 0 radical (unpaired) electrons. The second-order valence-corrected chi connectivity index (χ2v) is 9.25. The van der Waals surface area contributed by atoms with E-state index < -0.39 is 17.6 Å². The van der Waals surface area contributed by atoms with E-state index in [1.54, 1.807) is 30.6 Å². The third kappa shape index (κ3) is 5.59. The molecule has 1 fully saturated rings. The van der Waals surface area contributed by atoms with Gasteiger partial charge in [-0.1, -0.05) is 6.07 Å². The van der Waals surface area contributed by atoms with Crippen LogP contribution >= 0.6 is 0 Å². The topological polar surface area (TPSA) is 87.4 Å². The summed E-state index contributed by atoms with van der Waals surface area (Å²) in [5, 5.41) is 2.74. The maximum Gasteiger partial charge on any atom is 0.416 e. The number of hydrogen-bond donors (Lipinski definition) is 2. The van der Waals surface area contributed by atoms with Crippen molar-refractivity contribution in [3.05, 3.63) is 65.5 Å². The fraction of sp³-hybridized carbons (Fsp3) is 0.346. The van der Waals surface area contributed by atoms with Crippen LogP contribution in [0.15, 0.2) is 48.8 Å². The van der Waals surface area contributed by atoms with Gasteiger partial charge < -0.3 is 20.9 Å². The lowest BCUT2D eigenvalue weighted by atomic mass is 9.99. The first-order valence-electron chi connectivity index (χ1n) is 11.7. The van der Waals surface area contributed by atoms with E-state index in [0.717, 1.165) is 36.1 Å². The van der Waals surface area contributed by atoms with Crippen molar-refractivity contribution in [2.24, 2.45) is 0 Å². The number of likely N-dealkylation sites (N-methyl/N-ethyl adjacent to an activating group) is 1. The lowest BCUT2D eigenvalue weighted by molar-refractivity contribution is -0.137. The zero-order valence-corrected chi connectivity index (χ0v) is 20.4. The van der Waals surface area contributed by atoms with Crippen LogP contribution in [0.1, 0.15) is 34.3 Å². The van der Waals surface area contributed by atoms with Gasteiger partial charge in [-0.3, -0.25) is 4.79 Å². The number of nitrogens with one attached hydrogen (secondary N) is 1. The van der Waals surface area contributed by atoms with Crippen LogP contribution in [0.2, 0.25) is 0 Å². The van der Waals surface area contributed by atoms with E-state index >= 15 is 0 Å². The molecule has 0 spiro atoms. The Morgan fingerprint density at radius 3 is 2.53 bits per heavy atom. The Morgan fingerprint density at radius 2 is 1.86 bits per heavy atom. The zero-order valence-electron chi connectivity index (χ0n) is 20.4. The van der Waals surface area contributed by atoms with Crippen molar-refractivity contribution in [2.45, 2.75) is 32.0 Å². The number of amides is 1. The van der Waals surface area contributed by atoms with Crippen LogP contribution in [0, 0.1) is 6.92 Å². The third-order valence-electron chi connectivity index (χ3n) is 6.52. The van der Waals surface area contributed by atoms with Gasteiger partial charge in [-0.25, -0.2) is 9.97 Å². The first-order valence-corrected chi connectivity index (χ1v) is 11.7. The van der Waals surface area contributed by atoms with Crippen molar-refractivity contribution < 1.29 is 18.0 Å². The number of halogens is 3. The number of carbonyl (C=O) groups is 1. The van der Waals surface area contributed by atoms with Crippen LogP contribution in [0.25, 0.3) is 11.1 Å². The van der Waals surface area contributed by atoms with Crippen LogP contribution < -0.4 is 16.0 Å². The molecule has 1 atom stereocenters. The highest BCUT2D eigenvalue weighted by Gasteiger charge is 2.32. The van der Waals surface area contributed by atoms with Gasteiger partial charge in [0, 0.05) is 42.7 Å². The second kappa shape index (κ2) is 10.1. The van der Waals surface area contributed by atoms with Crippen LogP contribution in [0.4, 0.5) is 30.5 Å². The van der Waals surface area contributed by atoms with Gasteiger partial charge >= 0.3 is 6.18 Å². The highest BCUT2D eigenvalue weighted by Crippen LogP contribution is 2.37. The summed E-state index contributed by atoms with van der Waals surface area (Å²) < 4.78 is 40.6. The number of rotatable bonds is 5. The summed E-state index contributed by atoms with van der Waals surface area (Å²) in [6.07, 6.45) is 0.511. The van der Waals surface area contributed by atoms with E-state index in [0.29, 0.717) is 29.9 Å². The molecule has 7 nitrogen and oxygen atoms in total. The Morgan fingerprint density at radius 1 is 1.14 bits per heavy atom. The van der Waals surface area contributed by atoms with Crippen LogP contribution in [-0.2, 0) is 6.18 Å². The number of carbonyl (C=O) groups excluding carboxylic acids is 1. The molecule has 1 amide bonds. The average Bonchev–Trinajstić information content (AvgIpc) is 2.84. The van der Waals surface area contributed by atoms with E-state index in [9.17, 15) is 18.0 Å². The molecule has 3 N–H and O–H groups in total. The highest BCUT2D eigenvalue weighted by atomic mass is 19.4. The molecule has 10 heteroatoms. The van der Waals surface area contributed by atoms with Gasteiger partial charge in [0.05, 0.1) is 16.9 Å². The van der Waals surface area contributed by atoms with Crippen molar-refractivity contribution in [3.8, 4) is 11.1 Å². The summed E-state index contributed by atoms with van der Waals surface area (Å²) in [6, 6.07) is 8.89. The number of nitrogens with zero attached hydrogens (tertiary/aromatic N) is 4. The number of aryl methyl sites for hydroxylation is 1. The third-order valence-corrected chi connectivity index (χ3v) is 6.52. The number of benzene rings is 2. The van der Waals surface area contributed by atoms with Crippen molar-refractivity contribution in [1.29, 1.82) is 0 Å². The Balaban J connectivity index is 1.67. The van der Waals surface area contributed by atoms with Gasteiger partial charge in [-0.05, 0) is 75.3 Å². The lowest BCUT2D eigenvalue weighted by Crippen LogP contribution is -2.45. The lowest BCUT2D eigenvalue weighted by Gasteiger charge is -2.38. The molecule has 1 saturated heterocycles.